The highest BCUT2D eigenvalue weighted by molar-refractivity contribution is 5.79. The van der Waals surface area contributed by atoms with Gasteiger partial charge in [0, 0.05) is 40.5 Å². The Balaban J connectivity index is 1.57. The minimum atomic E-state index is -0.264. The second-order valence-corrected chi connectivity index (χ2v) is 6.23. The van der Waals surface area contributed by atoms with E-state index in [4.69, 9.17) is 14.2 Å². The van der Waals surface area contributed by atoms with Gasteiger partial charge in [-0.25, -0.2) is 4.39 Å². The summed E-state index contributed by atoms with van der Waals surface area (Å²) in [4.78, 5) is 6.28. The van der Waals surface area contributed by atoms with Crippen LogP contribution in [-0.4, -0.2) is 70.6 Å². The molecule has 6 nitrogen and oxygen atoms in total. The first-order valence-electron chi connectivity index (χ1n) is 9.18. The van der Waals surface area contributed by atoms with E-state index in [1.165, 1.54) is 12.1 Å². The Bertz CT molecular complexity index is 533. The first-order chi connectivity index (χ1) is 12.7. The predicted molar refractivity (Wildman–Crippen MR) is 100 cm³/mol. The molecule has 1 N–H and O–H groups in total. The number of nitrogens with one attached hydrogen (secondary N) is 1. The number of rotatable bonds is 9. The summed E-state index contributed by atoms with van der Waals surface area (Å²) in [5, 5.41) is 3.33. The summed E-state index contributed by atoms with van der Waals surface area (Å²) in [6.45, 7) is 4.33. The van der Waals surface area contributed by atoms with Crippen LogP contribution in [0.3, 0.4) is 0 Å². The smallest absolute Gasteiger partial charge is 0.193 e. The highest BCUT2D eigenvalue weighted by Gasteiger charge is 2.13. The van der Waals surface area contributed by atoms with E-state index >= 15 is 0 Å². The quantitative estimate of drug-likeness (QED) is 0.412. The second kappa shape index (κ2) is 11.7. The molecule has 1 aliphatic heterocycles. The molecule has 0 aliphatic carbocycles. The van der Waals surface area contributed by atoms with Gasteiger partial charge in [-0.05, 0) is 43.5 Å². The zero-order valence-electron chi connectivity index (χ0n) is 15.7. The fourth-order valence-electron chi connectivity index (χ4n) is 2.69. The summed E-state index contributed by atoms with van der Waals surface area (Å²) in [6.07, 6.45) is 3.25. The van der Waals surface area contributed by atoms with Crippen molar-refractivity contribution in [3.8, 4) is 5.75 Å². The Morgan fingerprint density at radius 2 is 2.00 bits per heavy atom. The number of likely N-dealkylation sites (N-methyl/N-ethyl adjacent to an activating group) is 1. The van der Waals surface area contributed by atoms with Crippen LogP contribution in [0.15, 0.2) is 29.3 Å². The van der Waals surface area contributed by atoms with Gasteiger partial charge in [-0.3, -0.25) is 4.99 Å². The molecule has 1 fully saturated rings. The number of ether oxygens (including phenoxy) is 3. The Kier molecular flexibility index (Phi) is 9.20. The Morgan fingerprint density at radius 3 is 2.69 bits per heavy atom. The van der Waals surface area contributed by atoms with Crippen molar-refractivity contribution in [3.63, 3.8) is 0 Å². The van der Waals surface area contributed by atoms with Crippen molar-refractivity contribution in [1.82, 2.24) is 10.2 Å². The van der Waals surface area contributed by atoms with E-state index in [-0.39, 0.29) is 5.82 Å². The van der Waals surface area contributed by atoms with Gasteiger partial charge in [0.15, 0.2) is 5.96 Å². The highest BCUT2D eigenvalue weighted by Crippen LogP contribution is 2.11. The zero-order chi connectivity index (χ0) is 18.6. The lowest BCUT2D eigenvalue weighted by molar-refractivity contribution is -0.0320. The number of hydrogen-bond acceptors (Lipinski definition) is 4. The van der Waals surface area contributed by atoms with Gasteiger partial charge in [0.25, 0.3) is 0 Å². The van der Waals surface area contributed by atoms with Crippen LogP contribution in [0.4, 0.5) is 4.39 Å². The Hall–Kier alpha value is -1.86. The van der Waals surface area contributed by atoms with Crippen LogP contribution in [0.25, 0.3) is 0 Å². The SMILES string of the molecule is CN=C(NCCCOC1CCOCC1)N(C)CCOc1ccc(F)cc1. The summed E-state index contributed by atoms with van der Waals surface area (Å²) in [5.74, 6) is 1.21. The van der Waals surface area contributed by atoms with Gasteiger partial charge in [0.05, 0.1) is 12.6 Å². The van der Waals surface area contributed by atoms with E-state index in [0.29, 0.717) is 25.0 Å². The van der Waals surface area contributed by atoms with Gasteiger partial charge in [0.1, 0.15) is 18.2 Å². The standard InChI is InChI=1S/C19H30FN3O3/c1-21-19(22-10-3-12-25-18-8-13-24-14-9-18)23(2)11-15-26-17-6-4-16(20)5-7-17/h4-7,18H,3,8-15H2,1-2H3,(H,21,22). The summed E-state index contributed by atoms with van der Waals surface area (Å²) in [7, 11) is 3.72. The molecule has 1 saturated heterocycles. The molecule has 0 saturated carbocycles. The molecule has 0 bridgehead atoms. The maximum absolute atomic E-state index is 12.9. The van der Waals surface area contributed by atoms with E-state index in [0.717, 1.165) is 51.6 Å². The summed E-state index contributed by atoms with van der Waals surface area (Å²) >= 11 is 0. The second-order valence-electron chi connectivity index (χ2n) is 6.23. The van der Waals surface area contributed by atoms with Gasteiger partial charge in [-0.2, -0.15) is 0 Å². The average Bonchev–Trinajstić information content (AvgIpc) is 2.67. The number of benzene rings is 1. The number of guanidine groups is 1. The van der Waals surface area contributed by atoms with Crippen molar-refractivity contribution >= 4 is 5.96 Å². The average molecular weight is 367 g/mol. The summed E-state index contributed by atoms with van der Waals surface area (Å²) in [5.41, 5.74) is 0. The minimum Gasteiger partial charge on any atom is -0.492 e. The molecule has 7 heteroatoms. The number of halogens is 1. The molecule has 0 aromatic heterocycles. The Morgan fingerprint density at radius 1 is 1.27 bits per heavy atom. The molecule has 1 aromatic rings. The third kappa shape index (κ3) is 7.58. The Labute approximate surface area is 155 Å². The molecule has 1 aromatic carbocycles. The maximum Gasteiger partial charge on any atom is 0.193 e. The van der Waals surface area contributed by atoms with Gasteiger partial charge in [-0.1, -0.05) is 0 Å². The van der Waals surface area contributed by atoms with Gasteiger partial charge < -0.3 is 24.4 Å². The molecule has 0 unspecified atom stereocenters. The fourth-order valence-corrected chi connectivity index (χ4v) is 2.69. The van der Waals surface area contributed by atoms with E-state index in [1.807, 2.05) is 11.9 Å². The van der Waals surface area contributed by atoms with Gasteiger partial charge >= 0.3 is 0 Å². The molecule has 2 rings (SSSR count). The molecule has 1 heterocycles. The largest absolute Gasteiger partial charge is 0.492 e. The molecule has 0 atom stereocenters. The van der Waals surface area contributed by atoms with Crippen molar-refractivity contribution in [2.45, 2.75) is 25.4 Å². The lowest BCUT2D eigenvalue weighted by atomic mass is 10.1. The number of nitrogens with zero attached hydrogens (tertiary/aromatic N) is 2. The summed E-state index contributed by atoms with van der Waals surface area (Å²) < 4.78 is 29.7. The molecule has 26 heavy (non-hydrogen) atoms. The first-order valence-corrected chi connectivity index (χ1v) is 9.18. The van der Waals surface area contributed by atoms with E-state index in [1.54, 1.807) is 19.2 Å². The molecule has 146 valence electrons. The zero-order valence-corrected chi connectivity index (χ0v) is 15.7. The van der Waals surface area contributed by atoms with Crippen molar-refractivity contribution in [1.29, 1.82) is 0 Å². The molecule has 1 aliphatic rings. The lowest BCUT2D eigenvalue weighted by Crippen LogP contribution is -2.41. The van der Waals surface area contributed by atoms with E-state index in [2.05, 4.69) is 10.3 Å². The minimum absolute atomic E-state index is 0.264. The van der Waals surface area contributed by atoms with Crippen molar-refractivity contribution < 1.29 is 18.6 Å². The van der Waals surface area contributed by atoms with Gasteiger partial charge in [-0.15, -0.1) is 0 Å². The monoisotopic (exact) mass is 367 g/mol. The van der Waals surface area contributed by atoms with Gasteiger partial charge in [0.2, 0.25) is 0 Å². The summed E-state index contributed by atoms with van der Waals surface area (Å²) in [6, 6.07) is 6.03. The molecule has 0 radical (unpaired) electrons. The lowest BCUT2D eigenvalue weighted by Gasteiger charge is -2.23. The topological polar surface area (TPSA) is 55.3 Å². The highest BCUT2D eigenvalue weighted by atomic mass is 19.1. The fraction of sp³-hybridized carbons (Fsp3) is 0.632. The van der Waals surface area contributed by atoms with Crippen LogP contribution in [0.2, 0.25) is 0 Å². The van der Waals surface area contributed by atoms with Crippen LogP contribution >= 0.6 is 0 Å². The third-order valence-electron chi connectivity index (χ3n) is 4.21. The normalized spacial score (nSPS) is 15.7. The van der Waals surface area contributed by atoms with Crippen molar-refractivity contribution in [2.75, 3.05) is 53.6 Å². The molecule has 0 spiro atoms. The van der Waals surface area contributed by atoms with Crippen LogP contribution in [-0.2, 0) is 9.47 Å². The van der Waals surface area contributed by atoms with Crippen LogP contribution in [0.1, 0.15) is 19.3 Å². The molecular formula is C19H30FN3O3. The first kappa shape index (κ1) is 20.5. The predicted octanol–water partition coefficient (Wildman–Crippen LogP) is 2.30. The maximum atomic E-state index is 12.9. The number of hydrogen-bond donors (Lipinski definition) is 1. The molecule has 0 amide bonds. The van der Waals surface area contributed by atoms with E-state index in [9.17, 15) is 4.39 Å². The molecular weight excluding hydrogens is 337 g/mol. The van der Waals surface area contributed by atoms with Crippen LogP contribution < -0.4 is 10.1 Å². The van der Waals surface area contributed by atoms with Crippen molar-refractivity contribution in [3.05, 3.63) is 30.1 Å². The number of aliphatic imine (C=N–C) groups is 1. The van der Waals surface area contributed by atoms with Crippen molar-refractivity contribution in [2.24, 2.45) is 4.99 Å². The third-order valence-corrected chi connectivity index (χ3v) is 4.21. The van der Waals surface area contributed by atoms with E-state index < -0.39 is 0 Å². The van der Waals surface area contributed by atoms with Crippen LogP contribution in [0.5, 0.6) is 5.75 Å². The van der Waals surface area contributed by atoms with Crippen LogP contribution in [0, 0.1) is 5.82 Å².